The lowest BCUT2D eigenvalue weighted by Gasteiger charge is -2.36. The van der Waals surface area contributed by atoms with Gasteiger partial charge in [0.2, 0.25) is 0 Å². The molecule has 2 atom stereocenters. The number of carboxylic acids is 1. The summed E-state index contributed by atoms with van der Waals surface area (Å²) < 4.78 is -0.158. The zero-order chi connectivity index (χ0) is 11.5. The van der Waals surface area contributed by atoms with Crippen molar-refractivity contribution in [2.75, 3.05) is 5.75 Å². The van der Waals surface area contributed by atoms with Crippen LogP contribution in [0.5, 0.6) is 0 Å². The number of hydrogen-bond acceptors (Lipinski definition) is 3. The summed E-state index contributed by atoms with van der Waals surface area (Å²) in [7, 11) is 0. The van der Waals surface area contributed by atoms with E-state index >= 15 is 0 Å². The third-order valence-electron chi connectivity index (χ3n) is 2.93. The van der Waals surface area contributed by atoms with Crippen LogP contribution >= 0.6 is 11.8 Å². The van der Waals surface area contributed by atoms with E-state index in [1.807, 2.05) is 6.92 Å². The second kappa shape index (κ2) is 5.01. The molecule has 1 aliphatic rings. The van der Waals surface area contributed by atoms with Crippen molar-refractivity contribution in [3.8, 4) is 0 Å². The number of carboxylic acid groups (broad SMARTS) is 1. The molecular formula is C11H18O3S. The normalized spacial score (nSPS) is 31.6. The molecule has 0 spiro atoms. The monoisotopic (exact) mass is 230 g/mol. The highest BCUT2D eigenvalue weighted by molar-refractivity contribution is 8.01. The Bertz CT molecular complexity index is 265. The SMILES string of the molecule is CCC1CC(=O)CC(C)(SCC(=O)O)C1. The first kappa shape index (κ1) is 12.6. The van der Waals surface area contributed by atoms with E-state index in [0.717, 1.165) is 12.8 Å². The van der Waals surface area contributed by atoms with Gasteiger partial charge in [-0.15, -0.1) is 11.8 Å². The molecule has 1 N–H and O–H groups in total. The fourth-order valence-corrected chi connectivity index (χ4v) is 3.29. The van der Waals surface area contributed by atoms with E-state index in [1.165, 1.54) is 11.8 Å². The molecule has 2 unspecified atom stereocenters. The van der Waals surface area contributed by atoms with Crippen molar-refractivity contribution in [3.63, 3.8) is 0 Å². The van der Waals surface area contributed by atoms with Gasteiger partial charge in [-0.05, 0) is 19.3 Å². The van der Waals surface area contributed by atoms with Gasteiger partial charge in [0.15, 0.2) is 0 Å². The Hall–Kier alpha value is -0.510. The van der Waals surface area contributed by atoms with Crippen LogP contribution in [0.4, 0.5) is 0 Å². The van der Waals surface area contributed by atoms with Gasteiger partial charge in [0, 0.05) is 17.6 Å². The number of hydrogen-bond donors (Lipinski definition) is 1. The van der Waals surface area contributed by atoms with Gasteiger partial charge in [0.25, 0.3) is 0 Å². The molecule has 3 nitrogen and oxygen atoms in total. The molecule has 0 saturated heterocycles. The van der Waals surface area contributed by atoms with E-state index in [0.29, 0.717) is 18.8 Å². The minimum Gasteiger partial charge on any atom is -0.481 e. The molecule has 4 heteroatoms. The zero-order valence-corrected chi connectivity index (χ0v) is 10.1. The van der Waals surface area contributed by atoms with Crippen LogP contribution in [0.25, 0.3) is 0 Å². The van der Waals surface area contributed by atoms with Crippen molar-refractivity contribution in [3.05, 3.63) is 0 Å². The first-order valence-electron chi connectivity index (χ1n) is 5.32. The van der Waals surface area contributed by atoms with Crippen molar-refractivity contribution >= 4 is 23.5 Å². The summed E-state index contributed by atoms with van der Waals surface area (Å²) in [4.78, 5) is 22.0. The van der Waals surface area contributed by atoms with E-state index in [9.17, 15) is 9.59 Å². The van der Waals surface area contributed by atoms with Crippen molar-refractivity contribution in [1.29, 1.82) is 0 Å². The van der Waals surface area contributed by atoms with Crippen molar-refractivity contribution < 1.29 is 14.7 Å². The summed E-state index contributed by atoms with van der Waals surface area (Å²) in [6.07, 6.45) is 3.18. The number of rotatable bonds is 4. The zero-order valence-electron chi connectivity index (χ0n) is 9.28. The molecule has 1 fully saturated rings. The molecule has 1 saturated carbocycles. The Labute approximate surface area is 94.6 Å². The molecule has 0 aromatic heterocycles. The van der Waals surface area contributed by atoms with Crippen LogP contribution in [-0.4, -0.2) is 27.4 Å². The molecule has 1 rings (SSSR count). The van der Waals surface area contributed by atoms with Crippen LogP contribution in [0.1, 0.15) is 39.5 Å². The Morgan fingerprint density at radius 1 is 1.67 bits per heavy atom. The van der Waals surface area contributed by atoms with Gasteiger partial charge < -0.3 is 5.11 Å². The van der Waals surface area contributed by atoms with E-state index < -0.39 is 5.97 Å². The van der Waals surface area contributed by atoms with E-state index in [4.69, 9.17) is 5.11 Å². The van der Waals surface area contributed by atoms with Gasteiger partial charge in [-0.1, -0.05) is 13.3 Å². The molecule has 0 bridgehead atoms. The Morgan fingerprint density at radius 3 is 2.87 bits per heavy atom. The molecule has 0 aromatic rings. The lowest BCUT2D eigenvalue weighted by Crippen LogP contribution is -2.34. The summed E-state index contributed by atoms with van der Waals surface area (Å²) in [6, 6.07) is 0. The predicted octanol–water partition coefficient (Wildman–Crippen LogP) is 2.34. The highest BCUT2D eigenvalue weighted by Gasteiger charge is 2.36. The van der Waals surface area contributed by atoms with Crippen molar-refractivity contribution in [2.24, 2.45) is 5.92 Å². The van der Waals surface area contributed by atoms with Crippen molar-refractivity contribution in [2.45, 2.75) is 44.3 Å². The second-order valence-corrected chi connectivity index (χ2v) is 6.09. The topological polar surface area (TPSA) is 54.4 Å². The van der Waals surface area contributed by atoms with Crippen LogP contribution in [0.2, 0.25) is 0 Å². The predicted molar refractivity (Wildman–Crippen MR) is 61.1 cm³/mol. The third kappa shape index (κ3) is 3.86. The van der Waals surface area contributed by atoms with Crippen molar-refractivity contribution in [1.82, 2.24) is 0 Å². The number of carbonyl (C=O) groups excluding carboxylic acids is 1. The average Bonchev–Trinajstić information content (AvgIpc) is 2.13. The smallest absolute Gasteiger partial charge is 0.313 e. The van der Waals surface area contributed by atoms with Gasteiger partial charge in [0.05, 0.1) is 5.75 Å². The maximum absolute atomic E-state index is 11.5. The average molecular weight is 230 g/mol. The highest BCUT2D eigenvalue weighted by Crippen LogP contribution is 2.41. The lowest BCUT2D eigenvalue weighted by atomic mass is 9.80. The molecule has 86 valence electrons. The molecule has 0 radical (unpaired) electrons. The fourth-order valence-electron chi connectivity index (χ4n) is 2.20. The fraction of sp³-hybridized carbons (Fsp3) is 0.818. The molecule has 0 heterocycles. The maximum atomic E-state index is 11.5. The Morgan fingerprint density at radius 2 is 2.33 bits per heavy atom. The first-order chi connectivity index (χ1) is 6.95. The van der Waals surface area contributed by atoms with Gasteiger partial charge in [-0.3, -0.25) is 9.59 Å². The molecule has 1 aliphatic carbocycles. The van der Waals surface area contributed by atoms with E-state index in [-0.39, 0.29) is 16.3 Å². The number of ketones is 1. The number of carbonyl (C=O) groups is 2. The van der Waals surface area contributed by atoms with Crippen LogP contribution in [0, 0.1) is 5.92 Å². The quantitative estimate of drug-likeness (QED) is 0.805. The van der Waals surface area contributed by atoms with E-state index in [1.54, 1.807) is 0 Å². The van der Waals surface area contributed by atoms with Crippen LogP contribution in [0.15, 0.2) is 0 Å². The number of thioether (sulfide) groups is 1. The third-order valence-corrected chi connectivity index (χ3v) is 4.33. The number of Topliss-reactive ketones (excluding diaryl/α,β-unsaturated/α-hetero) is 1. The standard InChI is InChI=1S/C11H18O3S/c1-3-8-4-9(12)6-11(2,5-8)15-7-10(13)14/h8H,3-7H2,1-2H3,(H,13,14). The molecular weight excluding hydrogens is 212 g/mol. The van der Waals surface area contributed by atoms with Gasteiger partial charge in [0.1, 0.15) is 5.78 Å². The number of aliphatic carboxylic acids is 1. The van der Waals surface area contributed by atoms with Gasteiger partial charge >= 0.3 is 5.97 Å². The minimum atomic E-state index is -0.799. The largest absolute Gasteiger partial charge is 0.481 e. The van der Waals surface area contributed by atoms with Gasteiger partial charge in [-0.25, -0.2) is 0 Å². The first-order valence-corrected chi connectivity index (χ1v) is 6.31. The highest BCUT2D eigenvalue weighted by atomic mass is 32.2. The summed E-state index contributed by atoms with van der Waals surface area (Å²) in [5.41, 5.74) is 0. The Kier molecular flexibility index (Phi) is 4.20. The second-order valence-electron chi connectivity index (χ2n) is 4.53. The van der Waals surface area contributed by atoms with Gasteiger partial charge in [-0.2, -0.15) is 0 Å². The molecule has 15 heavy (non-hydrogen) atoms. The van der Waals surface area contributed by atoms with Crippen LogP contribution in [-0.2, 0) is 9.59 Å². The Balaban J connectivity index is 2.57. The molecule has 0 amide bonds. The summed E-state index contributed by atoms with van der Waals surface area (Å²) in [5.74, 6) is 0.0264. The summed E-state index contributed by atoms with van der Waals surface area (Å²) in [5, 5.41) is 8.64. The summed E-state index contributed by atoms with van der Waals surface area (Å²) >= 11 is 1.41. The summed E-state index contributed by atoms with van der Waals surface area (Å²) in [6.45, 7) is 4.10. The van der Waals surface area contributed by atoms with Crippen LogP contribution in [0.3, 0.4) is 0 Å². The molecule has 0 aromatic carbocycles. The molecule has 0 aliphatic heterocycles. The van der Waals surface area contributed by atoms with E-state index in [2.05, 4.69) is 6.92 Å². The minimum absolute atomic E-state index is 0.0974. The lowest BCUT2D eigenvalue weighted by molar-refractivity contribution is -0.134. The van der Waals surface area contributed by atoms with Crippen LogP contribution < -0.4 is 0 Å². The maximum Gasteiger partial charge on any atom is 0.313 e.